The number of nitrogens with zero attached hydrogens (tertiary/aromatic N) is 1. The fraction of sp³-hybridized carbons (Fsp3) is 0.500. The van der Waals surface area contributed by atoms with Crippen molar-refractivity contribution >= 4 is 35.9 Å². The number of halogens is 2. The van der Waals surface area contributed by atoms with Gasteiger partial charge in [0.2, 0.25) is 0 Å². The fourth-order valence-corrected chi connectivity index (χ4v) is 1.79. The number of nitrogens with one attached hydrogen (secondary N) is 2. The van der Waals surface area contributed by atoms with Crippen LogP contribution in [0.5, 0.6) is 5.75 Å². The first-order valence-corrected chi connectivity index (χ1v) is 7.41. The lowest BCUT2D eigenvalue weighted by atomic mass is 10.2. The largest absolute Gasteiger partial charge is 0.486 e. The van der Waals surface area contributed by atoms with E-state index in [0.29, 0.717) is 19.0 Å². The predicted octanol–water partition coefficient (Wildman–Crippen LogP) is 2.19. The van der Waals surface area contributed by atoms with Gasteiger partial charge in [0.15, 0.2) is 17.5 Å². The number of methoxy groups -OCH3 is 1. The quantitative estimate of drug-likeness (QED) is 0.287. The first-order valence-electron chi connectivity index (χ1n) is 7.41. The zero-order chi connectivity index (χ0) is 17.2. The molecule has 0 fully saturated rings. The number of para-hydroxylation sites is 1. The molecule has 0 bridgehead atoms. The number of rotatable bonds is 7. The number of ether oxygens (including phenoxy) is 2. The van der Waals surface area contributed by atoms with Crippen molar-refractivity contribution in [3.8, 4) is 5.75 Å². The van der Waals surface area contributed by atoms with Crippen LogP contribution < -0.4 is 15.4 Å². The highest BCUT2D eigenvalue weighted by molar-refractivity contribution is 14.0. The number of carbonyl (C=O) groups excluding carboxylic acids is 1. The summed E-state index contributed by atoms with van der Waals surface area (Å²) in [4.78, 5) is 15.4. The molecule has 0 radical (unpaired) electrons. The van der Waals surface area contributed by atoms with E-state index in [-0.39, 0.29) is 47.7 Å². The van der Waals surface area contributed by atoms with E-state index >= 15 is 0 Å². The average molecular weight is 453 g/mol. The number of esters is 1. The van der Waals surface area contributed by atoms with Crippen LogP contribution in [0.4, 0.5) is 4.39 Å². The maximum atomic E-state index is 13.5. The van der Waals surface area contributed by atoms with Gasteiger partial charge in [-0.2, -0.15) is 0 Å². The third-order valence-electron chi connectivity index (χ3n) is 3.12. The highest BCUT2D eigenvalue weighted by Crippen LogP contribution is 2.16. The van der Waals surface area contributed by atoms with E-state index in [0.717, 1.165) is 0 Å². The van der Waals surface area contributed by atoms with Crippen LogP contribution in [0.15, 0.2) is 29.3 Å². The molecule has 0 spiro atoms. The summed E-state index contributed by atoms with van der Waals surface area (Å²) in [5.74, 6) is -0.225. The molecule has 0 aliphatic carbocycles. The average Bonchev–Trinajstić information content (AvgIpc) is 2.56. The molecule has 1 aromatic carbocycles. The predicted molar refractivity (Wildman–Crippen MR) is 102 cm³/mol. The van der Waals surface area contributed by atoms with E-state index in [2.05, 4.69) is 20.4 Å². The summed E-state index contributed by atoms with van der Waals surface area (Å²) in [7, 11) is 2.98. The molecular weight excluding hydrogens is 428 g/mol. The van der Waals surface area contributed by atoms with Gasteiger partial charge in [-0.05, 0) is 19.1 Å². The molecule has 8 heteroatoms. The summed E-state index contributed by atoms with van der Waals surface area (Å²) < 4.78 is 23.7. The molecular formula is C16H25FIN3O3. The van der Waals surface area contributed by atoms with Gasteiger partial charge < -0.3 is 20.1 Å². The Morgan fingerprint density at radius 1 is 1.25 bits per heavy atom. The third kappa shape index (κ3) is 7.80. The Kier molecular flexibility index (Phi) is 11.1. The molecule has 24 heavy (non-hydrogen) atoms. The van der Waals surface area contributed by atoms with Crippen LogP contribution in [-0.4, -0.2) is 45.3 Å². The second kappa shape index (κ2) is 11.9. The van der Waals surface area contributed by atoms with E-state index in [1.807, 2.05) is 6.92 Å². The second-order valence-corrected chi connectivity index (χ2v) is 5.12. The van der Waals surface area contributed by atoms with Crippen molar-refractivity contribution in [1.82, 2.24) is 10.6 Å². The van der Waals surface area contributed by atoms with Gasteiger partial charge in [-0.25, -0.2) is 4.39 Å². The maximum Gasteiger partial charge on any atom is 0.310 e. The zero-order valence-corrected chi connectivity index (χ0v) is 16.7. The molecule has 0 saturated heterocycles. The topological polar surface area (TPSA) is 72.0 Å². The molecule has 136 valence electrons. The van der Waals surface area contributed by atoms with E-state index < -0.39 is 5.82 Å². The van der Waals surface area contributed by atoms with Crippen LogP contribution in [0.25, 0.3) is 0 Å². The number of aliphatic imine (C=N–C) groups is 1. The molecule has 1 rings (SSSR count). The highest BCUT2D eigenvalue weighted by atomic mass is 127. The number of hydrogen-bond donors (Lipinski definition) is 2. The van der Waals surface area contributed by atoms with Gasteiger partial charge in [0.05, 0.1) is 19.6 Å². The minimum atomic E-state index is -0.395. The van der Waals surface area contributed by atoms with Crippen LogP contribution in [0, 0.1) is 11.7 Å². The van der Waals surface area contributed by atoms with Crippen molar-refractivity contribution in [1.29, 1.82) is 0 Å². The van der Waals surface area contributed by atoms with E-state index in [9.17, 15) is 9.18 Å². The molecule has 0 aliphatic rings. The Bertz CT molecular complexity index is 543. The van der Waals surface area contributed by atoms with Crippen LogP contribution in [0.2, 0.25) is 0 Å². The lowest BCUT2D eigenvalue weighted by Gasteiger charge is -2.19. The van der Waals surface area contributed by atoms with Gasteiger partial charge in [-0.3, -0.25) is 9.79 Å². The first kappa shape index (κ1) is 22.4. The number of carbonyl (C=O) groups is 1. The third-order valence-corrected chi connectivity index (χ3v) is 3.12. The zero-order valence-electron chi connectivity index (χ0n) is 14.3. The highest BCUT2D eigenvalue weighted by Gasteiger charge is 2.14. The minimum Gasteiger partial charge on any atom is -0.486 e. The van der Waals surface area contributed by atoms with E-state index in [1.165, 1.54) is 13.2 Å². The van der Waals surface area contributed by atoms with Crippen molar-refractivity contribution in [3.63, 3.8) is 0 Å². The van der Waals surface area contributed by atoms with Gasteiger partial charge in [-0.1, -0.05) is 19.1 Å². The van der Waals surface area contributed by atoms with Crippen LogP contribution in [0.3, 0.4) is 0 Å². The van der Waals surface area contributed by atoms with Crippen molar-refractivity contribution in [2.45, 2.75) is 20.0 Å². The van der Waals surface area contributed by atoms with E-state index in [4.69, 9.17) is 4.74 Å². The van der Waals surface area contributed by atoms with Crippen molar-refractivity contribution in [2.75, 3.05) is 27.2 Å². The lowest BCUT2D eigenvalue weighted by Crippen LogP contribution is -2.44. The molecule has 0 aromatic heterocycles. The Labute approximate surface area is 159 Å². The van der Waals surface area contributed by atoms with Crippen molar-refractivity contribution in [3.05, 3.63) is 30.1 Å². The number of benzene rings is 1. The maximum absolute atomic E-state index is 13.5. The van der Waals surface area contributed by atoms with Gasteiger partial charge in [0, 0.05) is 13.6 Å². The first-order chi connectivity index (χ1) is 11.0. The molecule has 0 aliphatic heterocycles. The van der Waals surface area contributed by atoms with Crippen LogP contribution >= 0.6 is 24.0 Å². The summed E-state index contributed by atoms with van der Waals surface area (Å²) in [5, 5.41) is 6.08. The molecule has 2 N–H and O–H groups in total. The minimum absolute atomic E-state index is 0. The summed E-state index contributed by atoms with van der Waals surface area (Å²) in [6, 6.07) is 6.26. The van der Waals surface area contributed by atoms with Gasteiger partial charge >= 0.3 is 5.97 Å². The number of guanidine groups is 1. The Morgan fingerprint density at radius 2 is 1.88 bits per heavy atom. The van der Waals surface area contributed by atoms with Crippen molar-refractivity contribution < 1.29 is 18.7 Å². The molecule has 0 amide bonds. The summed E-state index contributed by atoms with van der Waals surface area (Å²) in [5.41, 5.74) is 0. The van der Waals surface area contributed by atoms with Crippen LogP contribution in [-0.2, 0) is 9.53 Å². The van der Waals surface area contributed by atoms with Gasteiger partial charge in [-0.15, -0.1) is 24.0 Å². The fourth-order valence-electron chi connectivity index (χ4n) is 1.79. The normalized spacial score (nSPS) is 13.3. The van der Waals surface area contributed by atoms with Crippen LogP contribution in [0.1, 0.15) is 13.8 Å². The molecule has 0 heterocycles. The molecule has 6 nitrogen and oxygen atoms in total. The lowest BCUT2D eigenvalue weighted by molar-refractivity contribution is -0.144. The number of hydrogen-bond acceptors (Lipinski definition) is 4. The molecule has 1 aromatic rings. The smallest absolute Gasteiger partial charge is 0.310 e. The van der Waals surface area contributed by atoms with Gasteiger partial charge in [0.1, 0.15) is 6.10 Å². The Balaban J connectivity index is 0.00000529. The van der Waals surface area contributed by atoms with E-state index in [1.54, 1.807) is 32.2 Å². The molecule has 0 saturated carbocycles. The summed E-state index contributed by atoms with van der Waals surface area (Å²) in [6.07, 6.45) is -0.261. The Hall–Kier alpha value is -1.58. The molecule has 2 atom stereocenters. The molecule has 2 unspecified atom stereocenters. The monoisotopic (exact) mass is 453 g/mol. The second-order valence-electron chi connectivity index (χ2n) is 5.12. The summed E-state index contributed by atoms with van der Waals surface area (Å²) >= 11 is 0. The van der Waals surface area contributed by atoms with Gasteiger partial charge in [0.25, 0.3) is 0 Å². The standard InChI is InChI=1S/C16H24FN3O3.HI/c1-11(15(21)22-4)9-19-16(18-3)20-10-12(2)23-14-8-6-5-7-13(14)17;/h5-8,11-12H,9-10H2,1-4H3,(H2,18,19,20);1H. The Morgan fingerprint density at radius 3 is 2.46 bits per heavy atom. The van der Waals surface area contributed by atoms with Crippen molar-refractivity contribution in [2.24, 2.45) is 10.9 Å². The summed E-state index contributed by atoms with van der Waals surface area (Å²) in [6.45, 7) is 4.41. The SMILES string of the molecule is CN=C(NCC(C)Oc1ccccc1F)NCC(C)C(=O)OC.I.